The summed E-state index contributed by atoms with van der Waals surface area (Å²) >= 11 is 22.4. The van der Waals surface area contributed by atoms with E-state index in [0.29, 0.717) is 15.7 Å². The van der Waals surface area contributed by atoms with Gasteiger partial charge in [0, 0.05) is 23.6 Å². The summed E-state index contributed by atoms with van der Waals surface area (Å²) in [5.74, 6) is 0.367. The van der Waals surface area contributed by atoms with Crippen molar-refractivity contribution in [1.82, 2.24) is 4.57 Å². The zero-order chi connectivity index (χ0) is 20.3. The van der Waals surface area contributed by atoms with Crippen LogP contribution in [0.4, 0.5) is 13.2 Å². The number of benzene rings is 1. The van der Waals surface area contributed by atoms with Gasteiger partial charge in [-0.1, -0.05) is 71.0 Å². The Morgan fingerprint density at radius 1 is 1.07 bits per heavy atom. The molecule has 2 heterocycles. The molecule has 0 atom stereocenters. The lowest BCUT2D eigenvalue weighted by molar-refractivity contribution is -0.143. The van der Waals surface area contributed by atoms with Crippen molar-refractivity contribution < 1.29 is 17.6 Å². The van der Waals surface area contributed by atoms with E-state index in [2.05, 4.69) is 47.8 Å². The van der Waals surface area contributed by atoms with Crippen LogP contribution in [0.15, 0.2) is 33.5 Å². The first-order valence-electron chi connectivity index (χ1n) is 7.08. The normalized spacial score (nSPS) is 12.8. The quantitative estimate of drug-likeness (QED) is 0.268. The van der Waals surface area contributed by atoms with E-state index in [1.54, 1.807) is 6.07 Å². The highest BCUT2D eigenvalue weighted by atomic mass is 80.0. The molecule has 0 unspecified atom stereocenters. The predicted molar refractivity (Wildman–Crippen MR) is 110 cm³/mol. The fourth-order valence-corrected chi connectivity index (χ4v) is 3.86. The van der Waals surface area contributed by atoms with Crippen molar-refractivity contribution >= 4 is 82.0 Å². The van der Waals surface area contributed by atoms with Gasteiger partial charge in [-0.05, 0) is 24.3 Å². The molecule has 0 fully saturated rings. The first-order chi connectivity index (χ1) is 12.3. The number of furan rings is 1. The molecule has 3 nitrogen and oxygen atoms in total. The first kappa shape index (κ1) is 21.2. The lowest BCUT2D eigenvalue weighted by Crippen LogP contribution is -2.26. The molecule has 1 aromatic carbocycles. The second-order valence-corrected chi connectivity index (χ2v) is 13.1. The van der Waals surface area contributed by atoms with Gasteiger partial charge >= 0.3 is 6.18 Å². The van der Waals surface area contributed by atoms with Gasteiger partial charge in [-0.25, -0.2) is 0 Å². The molecule has 27 heavy (non-hydrogen) atoms. The number of pyridine rings is 1. The van der Waals surface area contributed by atoms with Gasteiger partial charge in [-0.3, -0.25) is 4.79 Å². The number of nitrogens with zero attached hydrogens (tertiary/aromatic N) is 1. The topological polar surface area (TPSA) is 35.1 Å². The number of fused-ring (bicyclic) bond motifs is 1. The molecule has 0 bridgehead atoms. The fourth-order valence-electron chi connectivity index (χ4n) is 2.66. The Morgan fingerprint density at radius 3 is 2.26 bits per heavy atom. The van der Waals surface area contributed by atoms with E-state index in [1.165, 1.54) is 6.07 Å². The van der Waals surface area contributed by atoms with Gasteiger partial charge in [-0.15, -0.1) is 0 Å². The summed E-state index contributed by atoms with van der Waals surface area (Å²) in [5.41, 5.74) is -1.44. The minimum atomic E-state index is -4.66. The minimum absolute atomic E-state index is 0.00571. The maximum atomic E-state index is 13.0. The van der Waals surface area contributed by atoms with Crippen LogP contribution in [0, 0.1) is 0 Å². The standard InChI is InChI=1S/C16H7Br3Cl2F3NO2/c1-25-10(16(22,23)24)3-2-6(14(25)26)12-7-4-11(15(17,18)19)27-13(7)9(21)5-8(12)20/h2-5H,1H3. The Labute approximate surface area is 185 Å². The van der Waals surface area contributed by atoms with Crippen molar-refractivity contribution in [2.24, 2.45) is 7.05 Å². The van der Waals surface area contributed by atoms with E-state index >= 15 is 0 Å². The van der Waals surface area contributed by atoms with Gasteiger partial charge in [0.05, 0.1) is 10.0 Å². The molecule has 0 aliphatic heterocycles. The number of alkyl halides is 6. The molecule has 0 saturated carbocycles. The van der Waals surface area contributed by atoms with Gasteiger partial charge in [0.2, 0.25) is 0 Å². The number of aromatic nitrogens is 1. The van der Waals surface area contributed by atoms with Gasteiger partial charge in [-0.2, -0.15) is 13.2 Å². The van der Waals surface area contributed by atoms with Crippen molar-refractivity contribution in [2.75, 3.05) is 0 Å². The lowest BCUT2D eigenvalue weighted by Gasteiger charge is -2.14. The van der Waals surface area contributed by atoms with Crippen LogP contribution in [0.25, 0.3) is 22.1 Å². The Kier molecular flexibility index (Phi) is 5.58. The van der Waals surface area contributed by atoms with E-state index in [4.69, 9.17) is 27.6 Å². The third kappa shape index (κ3) is 3.85. The second kappa shape index (κ2) is 7.09. The van der Waals surface area contributed by atoms with Crippen LogP contribution in [-0.2, 0) is 15.4 Å². The highest BCUT2D eigenvalue weighted by Gasteiger charge is 2.34. The molecule has 3 rings (SSSR count). The molecule has 0 aliphatic rings. The molecule has 0 radical (unpaired) electrons. The molecule has 144 valence electrons. The van der Waals surface area contributed by atoms with Crippen LogP contribution in [0.3, 0.4) is 0 Å². The molecule has 11 heteroatoms. The summed E-state index contributed by atoms with van der Waals surface area (Å²) in [6.45, 7) is 0. The monoisotopic (exact) mass is 609 g/mol. The summed E-state index contributed by atoms with van der Waals surface area (Å²) in [7, 11) is 1.05. The zero-order valence-corrected chi connectivity index (χ0v) is 19.4. The van der Waals surface area contributed by atoms with Gasteiger partial charge in [0.25, 0.3) is 5.56 Å². The van der Waals surface area contributed by atoms with Crippen molar-refractivity contribution in [2.45, 2.75) is 8.32 Å². The SMILES string of the molecule is Cn1c(C(F)(F)F)ccc(-c2c(Cl)cc(Cl)c3oc(C(Br)(Br)Br)cc23)c1=O. The summed E-state index contributed by atoms with van der Waals surface area (Å²) in [4.78, 5) is 12.6. The lowest BCUT2D eigenvalue weighted by atomic mass is 10.0. The predicted octanol–water partition coefficient (Wildman–Crippen LogP) is 7.42. The average Bonchev–Trinajstić information content (AvgIpc) is 2.95. The van der Waals surface area contributed by atoms with Crippen LogP contribution in [-0.4, -0.2) is 4.57 Å². The van der Waals surface area contributed by atoms with E-state index in [0.717, 1.165) is 19.2 Å². The largest absolute Gasteiger partial charge is 0.456 e. The van der Waals surface area contributed by atoms with Gasteiger partial charge in [0.15, 0.2) is 7.73 Å². The van der Waals surface area contributed by atoms with Crippen molar-refractivity contribution in [1.29, 1.82) is 0 Å². The molecule has 0 aliphatic carbocycles. The first-order valence-corrected chi connectivity index (χ1v) is 10.2. The maximum absolute atomic E-state index is 13.0. The van der Waals surface area contributed by atoms with Gasteiger partial charge in [0.1, 0.15) is 11.5 Å². The minimum Gasteiger partial charge on any atom is -0.456 e. The second-order valence-electron chi connectivity index (χ2n) is 5.56. The third-order valence-electron chi connectivity index (χ3n) is 3.85. The number of hydrogen-bond acceptors (Lipinski definition) is 2. The molecule has 0 N–H and O–H groups in total. The summed E-state index contributed by atoms with van der Waals surface area (Å²) in [6, 6.07) is 4.88. The van der Waals surface area contributed by atoms with Crippen LogP contribution in [0.1, 0.15) is 11.5 Å². The van der Waals surface area contributed by atoms with Crippen LogP contribution in [0.2, 0.25) is 10.0 Å². The number of hydrogen-bond donors (Lipinski definition) is 0. The zero-order valence-electron chi connectivity index (χ0n) is 13.1. The van der Waals surface area contributed by atoms with Crippen LogP contribution < -0.4 is 5.56 Å². The van der Waals surface area contributed by atoms with E-state index in [9.17, 15) is 18.0 Å². The number of halogens is 8. The Morgan fingerprint density at radius 2 is 1.70 bits per heavy atom. The molecule has 2 aromatic heterocycles. The van der Waals surface area contributed by atoms with E-state index in [-0.39, 0.29) is 26.8 Å². The fraction of sp³-hybridized carbons (Fsp3) is 0.188. The molecule has 0 saturated heterocycles. The molecular weight excluding hydrogens is 606 g/mol. The van der Waals surface area contributed by atoms with Crippen molar-refractivity contribution in [3.63, 3.8) is 0 Å². The van der Waals surface area contributed by atoms with Crippen LogP contribution in [0.5, 0.6) is 0 Å². The smallest absolute Gasteiger partial charge is 0.431 e. The van der Waals surface area contributed by atoms with Crippen molar-refractivity contribution in [3.8, 4) is 11.1 Å². The van der Waals surface area contributed by atoms with Crippen molar-refractivity contribution in [3.05, 3.63) is 56.1 Å². The highest BCUT2D eigenvalue weighted by Crippen LogP contribution is 2.49. The number of rotatable bonds is 1. The highest BCUT2D eigenvalue weighted by molar-refractivity contribution is 9.38. The average molecular weight is 613 g/mol. The molecular formula is C16H7Br3Cl2F3NO2. The Balaban J connectivity index is 2.37. The van der Waals surface area contributed by atoms with Crippen LogP contribution >= 0.6 is 71.0 Å². The van der Waals surface area contributed by atoms with Gasteiger partial charge < -0.3 is 8.98 Å². The Bertz CT molecular complexity index is 1120. The molecule has 3 aromatic rings. The maximum Gasteiger partial charge on any atom is 0.431 e. The molecule has 0 amide bonds. The Hall–Kier alpha value is -0.480. The third-order valence-corrected chi connectivity index (χ3v) is 5.61. The summed E-state index contributed by atoms with van der Waals surface area (Å²) < 4.78 is 44.5. The van der Waals surface area contributed by atoms with E-state index < -0.39 is 19.6 Å². The van der Waals surface area contributed by atoms with E-state index in [1.807, 2.05) is 0 Å². The molecule has 0 spiro atoms. The summed E-state index contributed by atoms with van der Waals surface area (Å²) in [5, 5.41) is 0.702. The summed E-state index contributed by atoms with van der Waals surface area (Å²) in [6.07, 6.45) is -4.66.